The van der Waals surface area contributed by atoms with Gasteiger partial charge in [0.05, 0.1) is 21.8 Å². The molecule has 0 radical (unpaired) electrons. The van der Waals surface area contributed by atoms with Crippen LogP contribution < -0.4 is 5.73 Å². The van der Waals surface area contributed by atoms with Gasteiger partial charge in [-0.15, -0.1) is 0 Å². The Labute approximate surface area is 139 Å². The van der Waals surface area contributed by atoms with Crippen LogP contribution in [0.4, 0.5) is 5.69 Å². The van der Waals surface area contributed by atoms with Crippen molar-refractivity contribution in [1.29, 1.82) is 0 Å². The number of halogens is 2. The van der Waals surface area contributed by atoms with Crippen LogP contribution in [0.5, 0.6) is 0 Å². The zero-order valence-electron chi connectivity index (χ0n) is 12.5. The maximum atomic E-state index is 11.6. The molecule has 4 nitrogen and oxygen atoms in total. The number of ether oxygens (including phenoxy) is 1. The van der Waals surface area contributed by atoms with Crippen LogP contribution in [0.2, 0.25) is 10.0 Å². The van der Waals surface area contributed by atoms with Gasteiger partial charge in [-0.1, -0.05) is 37.0 Å². The number of aryl methyl sites for hydroxylation is 1. The fourth-order valence-electron chi connectivity index (χ4n) is 2.65. The molecule has 120 valence electrons. The molecule has 0 amide bonds. The lowest BCUT2D eigenvalue weighted by molar-refractivity contribution is -0.163. The molecular weight excluding hydrogens is 325 g/mol. The summed E-state index contributed by atoms with van der Waals surface area (Å²) in [6.07, 6.45) is 2.60. The Balaban J connectivity index is 2.20. The van der Waals surface area contributed by atoms with Crippen molar-refractivity contribution in [3.63, 3.8) is 0 Å². The van der Waals surface area contributed by atoms with Gasteiger partial charge >= 0.3 is 5.97 Å². The number of aliphatic hydroxyl groups excluding tert-OH is 1. The number of carbonyl (C=O) groups is 1. The lowest BCUT2D eigenvalue weighted by Gasteiger charge is -2.39. The summed E-state index contributed by atoms with van der Waals surface area (Å²) in [7, 11) is 0. The Bertz CT molecular complexity index is 605. The van der Waals surface area contributed by atoms with Crippen molar-refractivity contribution in [2.24, 2.45) is 5.92 Å². The van der Waals surface area contributed by atoms with E-state index in [4.69, 9.17) is 33.7 Å². The average Bonchev–Trinajstić information content (AvgIpc) is 2.41. The zero-order chi connectivity index (χ0) is 16.5. The molecule has 3 N–H and O–H groups in total. The molecule has 1 unspecified atom stereocenters. The zero-order valence-corrected chi connectivity index (χ0v) is 14.0. The first-order chi connectivity index (χ1) is 10.2. The van der Waals surface area contributed by atoms with E-state index in [2.05, 4.69) is 0 Å². The van der Waals surface area contributed by atoms with Crippen molar-refractivity contribution in [2.75, 3.05) is 5.73 Å². The third-order valence-electron chi connectivity index (χ3n) is 4.10. The molecule has 1 heterocycles. The molecule has 0 saturated carbocycles. The molecule has 22 heavy (non-hydrogen) atoms. The van der Waals surface area contributed by atoms with Gasteiger partial charge in [-0.3, -0.25) is 0 Å². The number of hydrogen-bond donors (Lipinski definition) is 2. The van der Waals surface area contributed by atoms with Crippen molar-refractivity contribution in [3.05, 3.63) is 39.6 Å². The molecule has 1 aromatic carbocycles. The summed E-state index contributed by atoms with van der Waals surface area (Å²) < 4.78 is 5.55. The minimum Gasteiger partial charge on any atom is -0.512 e. The first kappa shape index (κ1) is 17.0. The van der Waals surface area contributed by atoms with Crippen LogP contribution in [0.25, 0.3) is 0 Å². The summed E-state index contributed by atoms with van der Waals surface area (Å²) in [6, 6.07) is 3.52. The number of anilines is 1. The molecular formula is C16H19Cl2NO3. The lowest BCUT2D eigenvalue weighted by Crippen LogP contribution is -2.43. The second kappa shape index (κ2) is 6.39. The SMILES string of the molecule is CC(C)C1(CCc2cc(Cl)c(N)c(Cl)c2)CC(O)=CC(=O)O1. The smallest absolute Gasteiger partial charge is 0.334 e. The molecule has 1 aliphatic heterocycles. The van der Waals surface area contributed by atoms with Crippen molar-refractivity contribution in [3.8, 4) is 0 Å². The lowest BCUT2D eigenvalue weighted by atomic mass is 9.80. The highest BCUT2D eigenvalue weighted by Gasteiger charge is 2.41. The molecule has 0 fully saturated rings. The monoisotopic (exact) mass is 343 g/mol. The average molecular weight is 344 g/mol. The van der Waals surface area contributed by atoms with E-state index in [0.29, 0.717) is 35.0 Å². The Morgan fingerprint density at radius 1 is 1.36 bits per heavy atom. The number of rotatable bonds is 4. The third kappa shape index (κ3) is 3.50. The van der Waals surface area contributed by atoms with Crippen molar-refractivity contribution in [2.45, 2.75) is 38.7 Å². The van der Waals surface area contributed by atoms with Gasteiger partial charge in [-0.2, -0.15) is 0 Å². The van der Waals surface area contributed by atoms with Gasteiger partial charge in [-0.25, -0.2) is 4.79 Å². The van der Waals surface area contributed by atoms with E-state index in [9.17, 15) is 9.90 Å². The van der Waals surface area contributed by atoms with Gasteiger partial charge in [0.2, 0.25) is 0 Å². The number of cyclic esters (lactones) is 1. The van der Waals surface area contributed by atoms with Crippen LogP contribution in [0.15, 0.2) is 24.0 Å². The number of benzene rings is 1. The van der Waals surface area contributed by atoms with Crippen LogP contribution in [0, 0.1) is 5.92 Å². The second-order valence-corrected chi connectivity index (χ2v) is 6.74. The Hall–Kier alpha value is -1.39. The first-order valence-electron chi connectivity index (χ1n) is 7.09. The minimum atomic E-state index is -0.726. The maximum Gasteiger partial charge on any atom is 0.334 e. The van der Waals surface area contributed by atoms with Crippen LogP contribution in [-0.4, -0.2) is 16.7 Å². The van der Waals surface area contributed by atoms with E-state index >= 15 is 0 Å². The summed E-state index contributed by atoms with van der Waals surface area (Å²) in [4.78, 5) is 11.6. The summed E-state index contributed by atoms with van der Waals surface area (Å²) in [5.74, 6) is -0.392. The molecule has 1 atom stereocenters. The number of carbonyl (C=O) groups excluding carboxylic acids is 1. The van der Waals surface area contributed by atoms with E-state index in [-0.39, 0.29) is 11.7 Å². The highest BCUT2D eigenvalue weighted by Crippen LogP contribution is 2.37. The molecule has 0 aromatic heterocycles. The summed E-state index contributed by atoms with van der Waals surface area (Å²) >= 11 is 12.1. The van der Waals surface area contributed by atoms with Gasteiger partial charge in [0.25, 0.3) is 0 Å². The summed E-state index contributed by atoms with van der Waals surface area (Å²) in [6.45, 7) is 3.93. The topological polar surface area (TPSA) is 72.5 Å². The van der Waals surface area contributed by atoms with Gasteiger partial charge in [-0.05, 0) is 36.5 Å². The second-order valence-electron chi connectivity index (χ2n) is 5.93. The van der Waals surface area contributed by atoms with Crippen molar-refractivity contribution in [1.82, 2.24) is 0 Å². The summed E-state index contributed by atoms with van der Waals surface area (Å²) in [5.41, 5.74) is 6.27. The predicted octanol–water partition coefficient (Wildman–Crippen LogP) is 4.29. The minimum absolute atomic E-state index is 0.0540. The van der Waals surface area contributed by atoms with E-state index in [1.807, 2.05) is 13.8 Å². The molecule has 1 aliphatic rings. The highest BCUT2D eigenvalue weighted by molar-refractivity contribution is 6.38. The fraction of sp³-hybridized carbons (Fsp3) is 0.438. The van der Waals surface area contributed by atoms with Crippen LogP contribution in [0.3, 0.4) is 0 Å². The molecule has 0 bridgehead atoms. The molecule has 0 saturated heterocycles. The highest BCUT2D eigenvalue weighted by atomic mass is 35.5. The predicted molar refractivity (Wildman–Crippen MR) is 88.2 cm³/mol. The van der Waals surface area contributed by atoms with E-state index < -0.39 is 11.6 Å². The summed E-state index contributed by atoms with van der Waals surface area (Å²) in [5, 5.41) is 10.6. The maximum absolute atomic E-state index is 11.6. The fourth-order valence-corrected chi connectivity index (χ4v) is 3.18. The Kier molecular flexibility index (Phi) is 4.93. The molecule has 2 rings (SSSR count). The normalized spacial score (nSPS) is 21.7. The van der Waals surface area contributed by atoms with E-state index in [0.717, 1.165) is 11.6 Å². The molecule has 6 heteroatoms. The Morgan fingerprint density at radius 3 is 2.45 bits per heavy atom. The standard InChI is InChI=1S/C16H19Cl2NO3/c1-9(2)16(8-11(20)7-14(21)22-16)4-3-10-5-12(17)15(19)13(18)6-10/h5-7,9,20H,3-4,8,19H2,1-2H3. The number of nitrogens with two attached hydrogens (primary N) is 1. The quantitative estimate of drug-likeness (QED) is 0.631. The number of hydrogen-bond acceptors (Lipinski definition) is 4. The van der Waals surface area contributed by atoms with E-state index in [1.54, 1.807) is 12.1 Å². The number of aliphatic hydroxyl groups is 1. The Morgan fingerprint density at radius 2 is 1.95 bits per heavy atom. The number of esters is 1. The van der Waals surface area contributed by atoms with Crippen molar-refractivity contribution >= 4 is 34.9 Å². The number of nitrogen functional groups attached to an aromatic ring is 1. The van der Waals surface area contributed by atoms with Gasteiger partial charge in [0, 0.05) is 6.42 Å². The third-order valence-corrected chi connectivity index (χ3v) is 4.72. The van der Waals surface area contributed by atoms with Crippen LogP contribution in [-0.2, 0) is 16.0 Å². The molecule has 0 aliphatic carbocycles. The van der Waals surface area contributed by atoms with Crippen molar-refractivity contribution < 1.29 is 14.6 Å². The van der Waals surface area contributed by atoms with Gasteiger partial charge in [0.1, 0.15) is 11.4 Å². The van der Waals surface area contributed by atoms with Gasteiger partial charge < -0.3 is 15.6 Å². The first-order valence-corrected chi connectivity index (χ1v) is 7.85. The van der Waals surface area contributed by atoms with Crippen LogP contribution >= 0.6 is 23.2 Å². The molecule has 1 aromatic rings. The molecule has 0 spiro atoms. The van der Waals surface area contributed by atoms with Gasteiger partial charge in [0.15, 0.2) is 0 Å². The van der Waals surface area contributed by atoms with Crippen LogP contribution in [0.1, 0.15) is 32.3 Å². The largest absolute Gasteiger partial charge is 0.512 e. The van der Waals surface area contributed by atoms with E-state index in [1.165, 1.54) is 0 Å².